The topological polar surface area (TPSA) is 55.9 Å². The first-order chi connectivity index (χ1) is 13.4. The molecule has 0 saturated carbocycles. The van der Waals surface area contributed by atoms with Gasteiger partial charge in [0.1, 0.15) is 0 Å². The lowest BCUT2D eigenvalue weighted by molar-refractivity contribution is -0.127. The van der Waals surface area contributed by atoms with E-state index in [0.29, 0.717) is 24.5 Å². The van der Waals surface area contributed by atoms with Crippen LogP contribution in [0.2, 0.25) is 5.02 Å². The number of amides is 3. The molecule has 1 N–H and O–H groups in total. The number of carbonyl (C=O) groups excluding carboxylic acids is 2. The Hall–Kier alpha value is -2.73. The molecule has 2 aromatic carbocycles. The number of benzene rings is 2. The first-order valence-electron chi connectivity index (χ1n) is 9.28. The minimum atomic E-state index is -0.108. The molecular weight excluding hydrogens is 376 g/mol. The van der Waals surface area contributed by atoms with Gasteiger partial charge in [0.25, 0.3) is 0 Å². The van der Waals surface area contributed by atoms with E-state index in [0.717, 1.165) is 30.0 Å². The van der Waals surface area contributed by atoms with Crippen LogP contribution in [0.15, 0.2) is 48.5 Å². The lowest BCUT2D eigenvalue weighted by atomic mass is 10.1. The van der Waals surface area contributed by atoms with Gasteiger partial charge in [-0.25, -0.2) is 4.79 Å². The average Bonchev–Trinajstić information content (AvgIpc) is 2.69. The SMILES string of the molecule is CN(C)C(=O)Cc1ccc(NC(=O)N2CCN(c3cccc(Cl)c3)CC2)cc1. The highest BCUT2D eigenvalue weighted by atomic mass is 35.5. The smallest absolute Gasteiger partial charge is 0.321 e. The van der Waals surface area contributed by atoms with E-state index >= 15 is 0 Å². The zero-order valence-electron chi connectivity index (χ0n) is 16.2. The molecule has 1 aliphatic heterocycles. The van der Waals surface area contributed by atoms with Gasteiger partial charge in [-0.1, -0.05) is 29.8 Å². The van der Waals surface area contributed by atoms with E-state index in [1.54, 1.807) is 19.0 Å². The molecule has 1 heterocycles. The molecule has 28 heavy (non-hydrogen) atoms. The molecule has 7 heteroatoms. The summed E-state index contributed by atoms with van der Waals surface area (Å²) >= 11 is 6.07. The van der Waals surface area contributed by atoms with Crippen molar-refractivity contribution in [3.63, 3.8) is 0 Å². The van der Waals surface area contributed by atoms with Crippen LogP contribution in [0.3, 0.4) is 0 Å². The monoisotopic (exact) mass is 400 g/mol. The summed E-state index contributed by atoms with van der Waals surface area (Å²) < 4.78 is 0. The maximum Gasteiger partial charge on any atom is 0.321 e. The molecule has 0 atom stereocenters. The molecule has 6 nitrogen and oxygen atoms in total. The van der Waals surface area contributed by atoms with Crippen LogP contribution < -0.4 is 10.2 Å². The Kier molecular flexibility index (Phi) is 6.41. The van der Waals surface area contributed by atoms with Gasteiger partial charge in [-0.05, 0) is 35.9 Å². The molecule has 148 valence electrons. The summed E-state index contributed by atoms with van der Waals surface area (Å²) in [5, 5.41) is 3.65. The Bertz CT molecular complexity index is 831. The number of rotatable bonds is 4. The van der Waals surface area contributed by atoms with Crippen LogP contribution >= 0.6 is 11.6 Å². The standard InChI is InChI=1S/C21H25ClN4O2/c1-24(2)20(27)14-16-6-8-18(9-7-16)23-21(28)26-12-10-25(11-13-26)19-5-3-4-17(22)15-19/h3-9,15H,10-14H2,1-2H3,(H,23,28). The summed E-state index contributed by atoms with van der Waals surface area (Å²) in [4.78, 5) is 29.9. The molecule has 0 unspecified atom stereocenters. The highest BCUT2D eigenvalue weighted by Gasteiger charge is 2.21. The van der Waals surface area contributed by atoms with Crippen LogP contribution in [0.25, 0.3) is 0 Å². The number of carbonyl (C=O) groups is 2. The van der Waals surface area contributed by atoms with Crippen molar-refractivity contribution in [3.05, 3.63) is 59.1 Å². The van der Waals surface area contributed by atoms with Crippen molar-refractivity contribution in [1.82, 2.24) is 9.80 Å². The van der Waals surface area contributed by atoms with Gasteiger partial charge in [0.05, 0.1) is 6.42 Å². The van der Waals surface area contributed by atoms with Gasteiger partial charge in [-0.3, -0.25) is 4.79 Å². The summed E-state index contributed by atoms with van der Waals surface area (Å²) in [5.74, 6) is 0.0503. The summed E-state index contributed by atoms with van der Waals surface area (Å²) in [6.07, 6.45) is 0.354. The highest BCUT2D eigenvalue weighted by molar-refractivity contribution is 6.30. The number of likely N-dealkylation sites (N-methyl/N-ethyl adjacent to an activating group) is 1. The fourth-order valence-electron chi connectivity index (χ4n) is 3.08. The van der Waals surface area contributed by atoms with Crippen LogP contribution in [0, 0.1) is 0 Å². The molecule has 0 aromatic heterocycles. The van der Waals surface area contributed by atoms with Gasteiger partial charge >= 0.3 is 6.03 Å². The average molecular weight is 401 g/mol. The Morgan fingerprint density at radius 3 is 2.32 bits per heavy atom. The molecule has 1 fully saturated rings. The van der Waals surface area contributed by atoms with Gasteiger partial charge in [-0.2, -0.15) is 0 Å². The predicted molar refractivity (Wildman–Crippen MR) is 113 cm³/mol. The van der Waals surface area contributed by atoms with Crippen LogP contribution in [0.5, 0.6) is 0 Å². The van der Waals surface area contributed by atoms with Crippen molar-refractivity contribution in [2.75, 3.05) is 50.5 Å². The van der Waals surface area contributed by atoms with E-state index in [1.165, 1.54) is 0 Å². The van der Waals surface area contributed by atoms with Crippen LogP contribution in [0.4, 0.5) is 16.2 Å². The van der Waals surface area contributed by atoms with E-state index in [2.05, 4.69) is 10.2 Å². The molecule has 2 aromatic rings. The lowest BCUT2D eigenvalue weighted by Gasteiger charge is -2.36. The molecule has 0 spiro atoms. The molecule has 1 saturated heterocycles. The Labute approximate surface area is 170 Å². The number of urea groups is 1. The zero-order valence-corrected chi connectivity index (χ0v) is 16.9. The third kappa shape index (κ3) is 5.16. The number of nitrogens with one attached hydrogen (secondary N) is 1. The molecule has 3 amide bonds. The number of hydrogen-bond donors (Lipinski definition) is 1. The van der Waals surface area contributed by atoms with E-state index in [4.69, 9.17) is 11.6 Å². The summed E-state index contributed by atoms with van der Waals surface area (Å²) in [6, 6.07) is 15.1. The van der Waals surface area contributed by atoms with Crippen molar-refractivity contribution < 1.29 is 9.59 Å². The maximum atomic E-state index is 12.5. The van der Waals surface area contributed by atoms with Crippen molar-refractivity contribution in [1.29, 1.82) is 0 Å². The summed E-state index contributed by atoms with van der Waals surface area (Å²) in [7, 11) is 3.48. The molecule has 0 bridgehead atoms. The predicted octanol–water partition coefficient (Wildman–Crippen LogP) is 3.32. The maximum absolute atomic E-state index is 12.5. The molecule has 0 radical (unpaired) electrons. The van der Waals surface area contributed by atoms with E-state index in [-0.39, 0.29) is 11.9 Å². The first-order valence-corrected chi connectivity index (χ1v) is 9.66. The number of hydrogen-bond acceptors (Lipinski definition) is 3. The Morgan fingerprint density at radius 1 is 1.04 bits per heavy atom. The quantitative estimate of drug-likeness (QED) is 0.856. The van der Waals surface area contributed by atoms with Gasteiger partial charge in [0.2, 0.25) is 5.91 Å². The van der Waals surface area contributed by atoms with Crippen molar-refractivity contribution in [2.24, 2.45) is 0 Å². The summed E-state index contributed by atoms with van der Waals surface area (Å²) in [6.45, 7) is 2.82. The first kappa shape index (κ1) is 20.0. The van der Waals surface area contributed by atoms with E-state index in [9.17, 15) is 9.59 Å². The van der Waals surface area contributed by atoms with Gasteiger partial charge in [0, 0.05) is 56.7 Å². The Balaban J connectivity index is 1.51. The zero-order chi connectivity index (χ0) is 20.1. The highest BCUT2D eigenvalue weighted by Crippen LogP contribution is 2.21. The second-order valence-corrected chi connectivity index (χ2v) is 7.48. The Morgan fingerprint density at radius 2 is 1.71 bits per heavy atom. The van der Waals surface area contributed by atoms with Crippen molar-refractivity contribution >= 4 is 34.9 Å². The van der Waals surface area contributed by atoms with Crippen LogP contribution in [0.1, 0.15) is 5.56 Å². The fraction of sp³-hybridized carbons (Fsp3) is 0.333. The minimum Gasteiger partial charge on any atom is -0.368 e. The van der Waals surface area contributed by atoms with Gasteiger partial charge in [-0.15, -0.1) is 0 Å². The number of nitrogens with zero attached hydrogens (tertiary/aromatic N) is 3. The van der Waals surface area contributed by atoms with Crippen LogP contribution in [-0.2, 0) is 11.2 Å². The number of piperazine rings is 1. The van der Waals surface area contributed by atoms with E-state index < -0.39 is 0 Å². The van der Waals surface area contributed by atoms with Crippen LogP contribution in [-0.4, -0.2) is 62.0 Å². The summed E-state index contributed by atoms with van der Waals surface area (Å²) in [5.41, 5.74) is 2.73. The minimum absolute atomic E-state index is 0.0503. The molecular formula is C21H25ClN4O2. The van der Waals surface area contributed by atoms with Gasteiger partial charge < -0.3 is 20.0 Å². The van der Waals surface area contributed by atoms with E-state index in [1.807, 2.05) is 53.4 Å². The largest absolute Gasteiger partial charge is 0.368 e. The normalized spacial score (nSPS) is 14.0. The second-order valence-electron chi connectivity index (χ2n) is 7.05. The number of halogens is 1. The second kappa shape index (κ2) is 8.97. The van der Waals surface area contributed by atoms with Crippen molar-refractivity contribution in [2.45, 2.75) is 6.42 Å². The van der Waals surface area contributed by atoms with Crippen molar-refractivity contribution in [3.8, 4) is 0 Å². The molecule has 3 rings (SSSR count). The lowest BCUT2D eigenvalue weighted by Crippen LogP contribution is -2.50. The molecule has 0 aliphatic carbocycles. The third-order valence-corrected chi connectivity index (χ3v) is 5.03. The number of anilines is 2. The van der Waals surface area contributed by atoms with Gasteiger partial charge in [0.15, 0.2) is 0 Å². The fourth-order valence-corrected chi connectivity index (χ4v) is 3.27. The molecule has 1 aliphatic rings. The third-order valence-electron chi connectivity index (χ3n) is 4.80.